The first-order chi connectivity index (χ1) is 7.57. The van der Waals surface area contributed by atoms with Crippen LogP contribution in [-0.4, -0.2) is 44.0 Å². The molecule has 0 aromatic heterocycles. The van der Waals surface area contributed by atoms with Crippen LogP contribution in [0.3, 0.4) is 0 Å². The van der Waals surface area contributed by atoms with E-state index in [1.807, 2.05) is 13.8 Å². The zero-order chi connectivity index (χ0) is 11.8. The van der Waals surface area contributed by atoms with Crippen LogP contribution in [0.1, 0.15) is 13.8 Å². The minimum atomic E-state index is -0.648. The summed E-state index contributed by atoms with van der Waals surface area (Å²) >= 11 is 0. The molecule has 2 fully saturated rings. The highest BCUT2D eigenvalue weighted by atomic mass is 16.8. The van der Waals surface area contributed by atoms with Gasteiger partial charge in [-0.3, -0.25) is 0 Å². The molecule has 90 valence electrons. The molecule has 0 unspecified atom stereocenters. The molecule has 2 rings (SSSR count). The first kappa shape index (κ1) is 11.6. The highest BCUT2D eigenvalue weighted by Crippen LogP contribution is 2.38. The minimum Gasteiger partial charge on any atom is -0.353 e. The van der Waals surface area contributed by atoms with Crippen LogP contribution >= 0.6 is 0 Å². The summed E-state index contributed by atoms with van der Waals surface area (Å²) in [5.41, 5.74) is 8.29. The summed E-state index contributed by atoms with van der Waals surface area (Å²) in [5, 5.41) is 3.50. The zero-order valence-electron chi connectivity index (χ0n) is 9.49. The fourth-order valence-corrected chi connectivity index (χ4v) is 2.10. The summed E-state index contributed by atoms with van der Waals surface area (Å²) in [6, 6.07) is 0. The predicted octanol–water partition coefficient (Wildman–Crippen LogP) is 1.19. The van der Waals surface area contributed by atoms with E-state index in [2.05, 4.69) is 10.0 Å². The van der Waals surface area contributed by atoms with Crippen molar-refractivity contribution in [2.45, 2.75) is 44.2 Å². The Balaban J connectivity index is 2.10. The molecule has 4 atom stereocenters. The number of hydrogen-bond acceptors (Lipinski definition) is 5. The van der Waals surface area contributed by atoms with Crippen LogP contribution < -0.4 is 0 Å². The molecular weight excluding hydrogens is 214 g/mol. The average molecular weight is 229 g/mol. The van der Waals surface area contributed by atoms with E-state index in [4.69, 9.17) is 24.5 Å². The van der Waals surface area contributed by atoms with Gasteiger partial charge in [-0.25, -0.2) is 0 Å². The Morgan fingerprint density at radius 1 is 1.38 bits per heavy atom. The van der Waals surface area contributed by atoms with Crippen molar-refractivity contribution >= 4 is 0 Å². The Bertz CT molecular complexity index is 316. The summed E-state index contributed by atoms with van der Waals surface area (Å²) in [6.07, 6.45) is -1.29. The van der Waals surface area contributed by atoms with E-state index in [1.54, 1.807) is 7.11 Å². The quantitative estimate of drug-likeness (QED) is 0.413. The van der Waals surface area contributed by atoms with Crippen molar-refractivity contribution in [3.05, 3.63) is 10.4 Å². The highest BCUT2D eigenvalue weighted by molar-refractivity contribution is 4.95. The molecule has 0 aromatic rings. The maximum absolute atomic E-state index is 8.29. The van der Waals surface area contributed by atoms with Gasteiger partial charge in [0.2, 0.25) is 0 Å². The second kappa shape index (κ2) is 4.20. The molecule has 0 aliphatic carbocycles. The molecule has 16 heavy (non-hydrogen) atoms. The lowest BCUT2D eigenvalue weighted by atomic mass is 10.1. The number of methoxy groups -OCH3 is 1. The molecule has 0 radical (unpaired) electrons. The van der Waals surface area contributed by atoms with E-state index in [0.29, 0.717) is 0 Å². The second-order valence-electron chi connectivity index (χ2n) is 4.26. The zero-order valence-corrected chi connectivity index (χ0v) is 9.49. The van der Waals surface area contributed by atoms with Gasteiger partial charge in [-0.05, 0) is 19.4 Å². The van der Waals surface area contributed by atoms with Gasteiger partial charge in [0.25, 0.3) is 0 Å². The smallest absolute Gasteiger partial charge is 0.186 e. The first-order valence-electron chi connectivity index (χ1n) is 5.12. The Hall–Kier alpha value is -0.850. The number of azide groups is 1. The fourth-order valence-electron chi connectivity index (χ4n) is 2.10. The van der Waals surface area contributed by atoms with Crippen molar-refractivity contribution in [3.63, 3.8) is 0 Å². The third-order valence-electron chi connectivity index (χ3n) is 2.66. The van der Waals surface area contributed by atoms with Crippen LogP contribution in [0.2, 0.25) is 0 Å². The van der Waals surface area contributed by atoms with Crippen molar-refractivity contribution in [3.8, 4) is 0 Å². The van der Waals surface area contributed by atoms with Gasteiger partial charge in [0.15, 0.2) is 12.1 Å². The van der Waals surface area contributed by atoms with Crippen molar-refractivity contribution in [2.24, 2.45) is 5.11 Å². The number of rotatable bonds is 3. The van der Waals surface area contributed by atoms with Crippen molar-refractivity contribution in [2.75, 3.05) is 13.7 Å². The predicted molar refractivity (Wildman–Crippen MR) is 53.5 cm³/mol. The lowest BCUT2D eigenvalue weighted by molar-refractivity contribution is -0.225. The SMILES string of the molecule is CO[C@@H]1O[C@H](CN=[N+]=[N-])[C@H]2OC(C)(C)O[C@@H]12. The van der Waals surface area contributed by atoms with E-state index in [1.165, 1.54) is 0 Å². The molecule has 2 heterocycles. The van der Waals surface area contributed by atoms with Crippen LogP contribution in [0.5, 0.6) is 0 Å². The van der Waals surface area contributed by atoms with E-state index in [-0.39, 0.29) is 24.9 Å². The van der Waals surface area contributed by atoms with Crippen LogP contribution in [-0.2, 0) is 18.9 Å². The molecule has 2 saturated heterocycles. The molecule has 2 aliphatic rings. The van der Waals surface area contributed by atoms with Gasteiger partial charge in [-0.2, -0.15) is 0 Å². The molecule has 0 saturated carbocycles. The topological polar surface area (TPSA) is 85.7 Å². The first-order valence-corrected chi connectivity index (χ1v) is 5.12. The molecule has 0 N–H and O–H groups in total. The molecule has 2 aliphatic heterocycles. The molecular formula is C9H15N3O4. The molecule has 0 spiro atoms. The maximum Gasteiger partial charge on any atom is 0.186 e. The maximum atomic E-state index is 8.29. The molecule has 7 heteroatoms. The standard InChI is InChI=1S/C9H15N3O4/c1-9(2)15-6-5(4-11-12-10)14-8(13-3)7(6)16-9/h5-8H,4H2,1-3H3/t5-,6-,7-,8-/m1/s1. The molecule has 0 bridgehead atoms. The van der Waals surface area contributed by atoms with Gasteiger partial charge in [0.1, 0.15) is 12.2 Å². The summed E-state index contributed by atoms with van der Waals surface area (Å²) in [4.78, 5) is 2.71. The van der Waals surface area contributed by atoms with E-state index >= 15 is 0 Å². The van der Waals surface area contributed by atoms with Gasteiger partial charge >= 0.3 is 0 Å². The number of nitrogens with zero attached hydrogens (tertiary/aromatic N) is 3. The largest absolute Gasteiger partial charge is 0.353 e. The second-order valence-corrected chi connectivity index (χ2v) is 4.26. The van der Waals surface area contributed by atoms with Gasteiger partial charge in [-0.1, -0.05) is 5.11 Å². The van der Waals surface area contributed by atoms with E-state index < -0.39 is 12.1 Å². The Morgan fingerprint density at radius 3 is 2.69 bits per heavy atom. The van der Waals surface area contributed by atoms with Crippen LogP contribution in [0, 0.1) is 0 Å². The highest BCUT2D eigenvalue weighted by Gasteiger charge is 2.55. The third kappa shape index (κ3) is 2.00. The molecule has 0 aromatic carbocycles. The van der Waals surface area contributed by atoms with E-state index in [9.17, 15) is 0 Å². The monoisotopic (exact) mass is 229 g/mol. The fraction of sp³-hybridized carbons (Fsp3) is 1.00. The normalized spacial score (nSPS) is 40.4. The minimum absolute atomic E-state index is 0.219. The van der Waals surface area contributed by atoms with Gasteiger partial charge in [-0.15, -0.1) is 0 Å². The van der Waals surface area contributed by atoms with Crippen molar-refractivity contribution in [1.82, 2.24) is 0 Å². The van der Waals surface area contributed by atoms with Gasteiger partial charge in [0.05, 0.1) is 12.6 Å². The van der Waals surface area contributed by atoms with Gasteiger partial charge < -0.3 is 18.9 Å². The van der Waals surface area contributed by atoms with Gasteiger partial charge in [0, 0.05) is 12.0 Å². The van der Waals surface area contributed by atoms with Crippen molar-refractivity contribution in [1.29, 1.82) is 0 Å². The summed E-state index contributed by atoms with van der Waals surface area (Å²) in [5.74, 6) is -0.648. The summed E-state index contributed by atoms with van der Waals surface area (Å²) < 4.78 is 22.1. The molecule has 7 nitrogen and oxygen atoms in total. The van der Waals surface area contributed by atoms with Crippen molar-refractivity contribution < 1.29 is 18.9 Å². The van der Waals surface area contributed by atoms with Crippen LogP contribution in [0.15, 0.2) is 5.11 Å². The van der Waals surface area contributed by atoms with Crippen LogP contribution in [0.4, 0.5) is 0 Å². The average Bonchev–Trinajstić information content (AvgIpc) is 2.69. The number of ether oxygens (including phenoxy) is 4. The van der Waals surface area contributed by atoms with E-state index in [0.717, 1.165) is 0 Å². The third-order valence-corrected chi connectivity index (χ3v) is 2.66. The Morgan fingerprint density at radius 2 is 2.06 bits per heavy atom. The number of hydrogen-bond donors (Lipinski definition) is 0. The Kier molecular flexibility index (Phi) is 3.05. The summed E-state index contributed by atoms with van der Waals surface area (Å²) in [7, 11) is 1.55. The lowest BCUT2D eigenvalue weighted by Crippen LogP contribution is -2.31. The number of fused-ring (bicyclic) bond motifs is 1. The van der Waals surface area contributed by atoms with Crippen LogP contribution in [0.25, 0.3) is 10.4 Å². The molecule has 0 amide bonds. The Labute approximate surface area is 93.2 Å². The summed E-state index contributed by atoms with van der Waals surface area (Å²) in [6.45, 7) is 3.89. The lowest BCUT2D eigenvalue weighted by Gasteiger charge is -2.22.